The highest BCUT2D eigenvalue weighted by atomic mass is 79.9. The maximum atomic E-state index is 10.7. The first-order chi connectivity index (χ1) is 13.2. The normalized spacial score (nSPS) is 11.2. The number of unbranched alkanes of at least 4 members (excludes halogenated alkanes) is 3. The first-order valence-corrected chi connectivity index (χ1v) is 11.4. The van der Waals surface area contributed by atoms with E-state index in [1.165, 1.54) is 6.07 Å². The van der Waals surface area contributed by atoms with Crippen LogP contribution in [0.4, 0.5) is 5.88 Å². The molecular weight excluding hydrogens is 640 g/mol. The minimum Gasteiger partial charge on any atom is -1.00 e. The Kier molecular flexibility index (Phi) is 11.4. The Morgan fingerprint density at radius 1 is 1.07 bits per heavy atom. The number of nitrogens with zero attached hydrogens (tertiary/aromatic N) is 2. The summed E-state index contributed by atoms with van der Waals surface area (Å²) < 4.78 is 14.7. The maximum Gasteiger partial charge on any atom is 0.433 e. The van der Waals surface area contributed by atoms with Crippen LogP contribution in [0.1, 0.15) is 31.4 Å². The molecule has 0 saturated heterocycles. The van der Waals surface area contributed by atoms with E-state index < -0.39 is 4.92 Å². The van der Waals surface area contributed by atoms with Gasteiger partial charge in [-0.2, -0.15) is 0 Å². The summed E-state index contributed by atoms with van der Waals surface area (Å²) in [7, 11) is 4.22. The van der Waals surface area contributed by atoms with Crippen molar-refractivity contribution < 1.29 is 35.5 Å². The zero-order valence-corrected chi connectivity index (χ0v) is 22.6. The van der Waals surface area contributed by atoms with Gasteiger partial charge in [0.1, 0.15) is 17.2 Å². The molecule has 0 spiro atoms. The Bertz CT molecular complexity index is 788. The molecule has 0 amide bonds. The fourth-order valence-corrected chi connectivity index (χ4v) is 5.37. The van der Waals surface area contributed by atoms with Gasteiger partial charge in [0.05, 0.1) is 42.3 Å². The SMILES string of the molecule is C[N+](C)(CCCCCCOc1c(Br)cc(Br)cc1Br)Cc1ccc([N+](=O)[O-])o1.[Br-]. The molecule has 0 saturated carbocycles. The first-order valence-electron chi connectivity index (χ1n) is 9.00. The zero-order chi connectivity index (χ0) is 20.7. The van der Waals surface area contributed by atoms with Crippen LogP contribution in [-0.4, -0.2) is 36.7 Å². The predicted octanol–water partition coefficient (Wildman–Crippen LogP) is 3.70. The molecule has 29 heavy (non-hydrogen) atoms. The lowest BCUT2D eigenvalue weighted by Crippen LogP contribution is -3.00. The number of furan rings is 1. The quantitative estimate of drug-likeness (QED) is 0.159. The second kappa shape index (κ2) is 12.4. The number of benzene rings is 1. The van der Waals surface area contributed by atoms with Crippen LogP contribution in [0.2, 0.25) is 0 Å². The van der Waals surface area contributed by atoms with Crippen LogP contribution >= 0.6 is 47.8 Å². The van der Waals surface area contributed by atoms with Gasteiger partial charge in [-0.05, 0) is 75.7 Å². The second-order valence-corrected chi connectivity index (χ2v) is 9.90. The Balaban J connectivity index is 0.00000420. The molecule has 10 heteroatoms. The summed E-state index contributed by atoms with van der Waals surface area (Å²) in [5.41, 5.74) is 0. The number of hydrogen-bond donors (Lipinski definition) is 0. The highest BCUT2D eigenvalue weighted by Gasteiger charge is 2.20. The highest BCUT2D eigenvalue weighted by molar-refractivity contribution is 9.11. The number of ether oxygens (including phenoxy) is 1. The van der Waals surface area contributed by atoms with Gasteiger partial charge in [0.15, 0.2) is 5.76 Å². The third-order valence-electron chi connectivity index (χ3n) is 4.28. The van der Waals surface area contributed by atoms with E-state index in [-0.39, 0.29) is 22.9 Å². The van der Waals surface area contributed by atoms with E-state index in [0.29, 0.717) is 18.9 Å². The molecule has 0 aliphatic heterocycles. The Hall–Kier alpha value is -0.420. The average Bonchev–Trinajstić information content (AvgIpc) is 3.03. The maximum absolute atomic E-state index is 10.7. The Labute approximate surface area is 206 Å². The molecule has 0 aliphatic rings. The van der Waals surface area contributed by atoms with Crippen LogP contribution in [0.3, 0.4) is 0 Å². The lowest BCUT2D eigenvalue weighted by molar-refractivity contribution is -0.904. The zero-order valence-electron chi connectivity index (χ0n) is 16.3. The van der Waals surface area contributed by atoms with Crippen LogP contribution in [0.15, 0.2) is 42.1 Å². The van der Waals surface area contributed by atoms with Crippen LogP contribution in [0, 0.1) is 10.1 Å². The van der Waals surface area contributed by atoms with Gasteiger partial charge in [0.2, 0.25) is 0 Å². The average molecular weight is 664 g/mol. The lowest BCUT2D eigenvalue weighted by Gasteiger charge is -2.28. The summed E-state index contributed by atoms with van der Waals surface area (Å²) in [6, 6.07) is 7.03. The van der Waals surface area contributed by atoms with Crippen LogP contribution < -0.4 is 21.7 Å². The third-order valence-corrected chi connectivity index (χ3v) is 5.91. The van der Waals surface area contributed by atoms with Gasteiger partial charge in [-0.15, -0.1) is 0 Å². The fraction of sp³-hybridized carbons (Fsp3) is 0.474. The Morgan fingerprint density at radius 2 is 1.69 bits per heavy atom. The monoisotopic (exact) mass is 660 g/mol. The van der Waals surface area contributed by atoms with Crippen molar-refractivity contribution in [3.05, 3.63) is 53.6 Å². The molecule has 0 atom stereocenters. The molecule has 2 aromatic rings. The third kappa shape index (κ3) is 9.08. The number of nitro groups is 1. The summed E-state index contributed by atoms with van der Waals surface area (Å²) in [5, 5.41) is 10.7. The number of hydrogen-bond acceptors (Lipinski definition) is 4. The smallest absolute Gasteiger partial charge is 0.433 e. The van der Waals surface area contributed by atoms with Gasteiger partial charge in [0, 0.05) is 4.47 Å². The van der Waals surface area contributed by atoms with Crippen molar-refractivity contribution in [2.24, 2.45) is 0 Å². The second-order valence-electron chi connectivity index (χ2n) is 7.28. The minimum absolute atomic E-state index is 0. The molecule has 0 bridgehead atoms. The summed E-state index contributed by atoms with van der Waals surface area (Å²) in [5.74, 6) is 1.28. The van der Waals surface area contributed by atoms with Gasteiger partial charge >= 0.3 is 5.88 Å². The van der Waals surface area contributed by atoms with Gasteiger partial charge in [-0.3, -0.25) is 10.1 Å². The van der Waals surface area contributed by atoms with E-state index in [9.17, 15) is 10.1 Å². The lowest BCUT2D eigenvalue weighted by atomic mass is 10.2. The van der Waals surface area contributed by atoms with Gasteiger partial charge in [-0.25, -0.2) is 0 Å². The minimum atomic E-state index is -0.503. The van der Waals surface area contributed by atoms with Crippen molar-refractivity contribution in [2.45, 2.75) is 32.2 Å². The molecule has 0 unspecified atom stereocenters. The van der Waals surface area contributed by atoms with E-state index >= 15 is 0 Å². The predicted molar refractivity (Wildman–Crippen MR) is 120 cm³/mol. The molecule has 6 nitrogen and oxygen atoms in total. The van der Waals surface area contributed by atoms with Crippen LogP contribution in [0.5, 0.6) is 5.75 Å². The molecule has 0 fully saturated rings. The highest BCUT2D eigenvalue weighted by Crippen LogP contribution is 2.36. The number of halogens is 4. The molecule has 1 aromatic carbocycles. The molecule has 2 rings (SSSR count). The van der Waals surface area contributed by atoms with Crippen molar-refractivity contribution in [3.63, 3.8) is 0 Å². The van der Waals surface area contributed by atoms with Crippen LogP contribution in [-0.2, 0) is 6.54 Å². The van der Waals surface area contributed by atoms with Crippen molar-refractivity contribution in [1.29, 1.82) is 0 Å². The van der Waals surface area contributed by atoms with E-state index in [2.05, 4.69) is 61.9 Å². The van der Waals surface area contributed by atoms with Gasteiger partial charge in [-0.1, -0.05) is 15.9 Å². The van der Waals surface area contributed by atoms with Crippen molar-refractivity contribution in [1.82, 2.24) is 0 Å². The number of rotatable bonds is 11. The molecule has 1 heterocycles. The summed E-state index contributed by atoms with van der Waals surface area (Å²) in [6.45, 7) is 2.30. The molecule has 1 aromatic heterocycles. The van der Waals surface area contributed by atoms with Crippen molar-refractivity contribution >= 4 is 53.7 Å². The van der Waals surface area contributed by atoms with Crippen molar-refractivity contribution in [2.75, 3.05) is 27.2 Å². The summed E-state index contributed by atoms with van der Waals surface area (Å²) in [4.78, 5) is 10.2. The Morgan fingerprint density at radius 3 is 2.28 bits per heavy atom. The molecular formula is C19H24Br4N2O4. The van der Waals surface area contributed by atoms with E-state index in [1.54, 1.807) is 6.07 Å². The number of quaternary nitrogens is 1. The largest absolute Gasteiger partial charge is 1.00 e. The topological polar surface area (TPSA) is 65.5 Å². The summed E-state index contributed by atoms with van der Waals surface area (Å²) in [6.07, 6.45) is 4.29. The fourth-order valence-electron chi connectivity index (χ4n) is 2.89. The van der Waals surface area contributed by atoms with Gasteiger partial charge in [0.25, 0.3) is 0 Å². The van der Waals surface area contributed by atoms with Crippen molar-refractivity contribution in [3.8, 4) is 5.75 Å². The standard InChI is InChI=1S/C19H24Br3N2O4.BrH/c1-24(2,13-15-7-8-18(28-15)23(25)26)9-5-3-4-6-10-27-19-16(21)11-14(20)12-17(19)22;/h7-8,11-12H,3-6,9-10,13H2,1-2H3;1H/q+1;/p-1. The molecule has 0 radical (unpaired) electrons. The van der Waals surface area contributed by atoms with E-state index in [0.717, 1.165) is 55.9 Å². The van der Waals surface area contributed by atoms with Crippen LogP contribution in [0.25, 0.3) is 0 Å². The van der Waals surface area contributed by atoms with E-state index in [1.807, 2.05) is 12.1 Å². The molecule has 162 valence electrons. The van der Waals surface area contributed by atoms with E-state index in [4.69, 9.17) is 9.15 Å². The molecule has 0 aliphatic carbocycles. The first kappa shape index (κ1) is 26.6. The summed E-state index contributed by atoms with van der Waals surface area (Å²) >= 11 is 10.5. The van der Waals surface area contributed by atoms with Gasteiger partial charge < -0.3 is 30.6 Å². The molecule has 0 N–H and O–H groups in total.